The van der Waals surface area contributed by atoms with Crippen LogP contribution in [0.3, 0.4) is 0 Å². The van der Waals surface area contributed by atoms with E-state index in [-0.39, 0.29) is 23.1 Å². The summed E-state index contributed by atoms with van der Waals surface area (Å²) in [4.78, 5) is 39.6. The fourth-order valence-corrected chi connectivity index (χ4v) is 5.11. The largest absolute Gasteiger partial charge is 0.480 e. The quantitative estimate of drug-likeness (QED) is 0.225. The van der Waals surface area contributed by atoms with Gasteiger partial charge in [0.2, 0.25) is 5.91 Å². The molecule has 1 aliphatic rings. The Morgan fingerprint density at radius 3 is 2.35 bits per heavy atom. The lowest BCUT2D eigenvalue weighted by Gasteiger charge is -2.37. The van der Waals surface area contributed by atoms with Crippen LogP contribution in [-0.2, 0) is 9.22 Å². The van der Waals surface area contributed by atoms with Gasteiger partial charge in [-0.1, -0.05) is 38.4 Å². The van der Waals surface area contributed by atoms with Crippen molar-refractivity contribution in [2.24, 2.45) is 0 Å². The molecule has 2 aromatic rings. The van der Waals surface area contributed by atoms with Crippen LogP contribution in [0.2, 0.25) is 23.2 Å². The summed E-state index contributed by atoms with van der Waals surface area (Å²) in [7, 11) is -2.24. The number of nitrogens with one attached hydrogen (secondary N) is 2. The fourth-order valence-electron chi connectivity index (χ4n) is 3.86. The summed E-state index contributed by atoms with van der Waals surface area (Å²) in [6.45, 7) is 10.8. The number of benzene rings is 2. The third-order valence-corrected chi connectivity index (χ3v) is 12.3. The first-order valence-corrected chi connectivity index (χ1v) is 16.6. The van der Waals surface area contributed by atoms with E-state index in [9.17, 15) is 31.9 Å². The number of imide groups is 1. The number of carbonyl (C=O) groups is 3. The molecular formula is C28H33ClF5N3O5Si. The minimum Gasteiger partial charge on any atom is -0.480 e. The lowest BCUT2D eigenvalue weighted by molar-refractivity contribution is -0.189. The summed E-state index contributed by atoms with van der Waals surface area (Å²) < 4.78 is 80.6. The second-order valence-corrected chi connectivity index (χ2v) is 16.9. The Morgan fingerprint density at radius 2 is 1.77 bits per heavy atom. The molecule has 1 heterocycles. The van der Waals surface area contributed by atoms with Crippen LogP contribution in [-0.4, -0.2) is 56.0 Å². The maximum Gasteiger partial charge on any atom is 0.425 e. The molecule has 15 heteroatoms. The number of halogens is 6. The maximum atomic E-state index is 15.2. The Morgan fingerprint density at radius 1 is 1.12 bits per heavy atom. The van der Waals surface area contributed by atoms with Crippen molar-refractivity contribution in [3.8, 4) is 5.75 Å². The molecule has 1 aliphatic heterocycles. The maximum absolute atomic E-state index is 15.2. The third kappa shape index (κ3) is 8.03. The van der Waals surface area contributed by atoms with E-state index in [1.54, 1.807) is 0 Å². The number of ether oxygens (including phenoxy) is 1. The first-order valence-electron chi connectivity index (χ1n) is 13.3. The number of amides is 4. The second kappa shape index (κ2) is 12.8. The molecule has 2 aromatic carbocycles. The first-order chi connectivity index (χ1) is 19.7. The highest BCUT2D eigenvalue weighted by molar-refractivity contribution is 6.74. The fraction of sp³-hybridized carbons (Fsp3) is 0.464. The molecule has 0 spiro atoms. The van der Waals surface area contributed by atoms with E-state index in [2.05, 4.69) is 10.6 Å². The summed E-state index contributed by atoms with van der Waals surface area (Å²) in [5, 5.41) is 3.95. The molecule has 1 saturated heterocycles. The molecule has 3 rings (SSSR count). The molecule has 0 bridgehead atoms. The molecule has 236 valence electrons. The van der Waals surface area contributed by atoms with Crippen LogP contribution in [0, 0.1) is 11.6 Å². The normalized spacial score (nSPS) is 16.7. The van der Waals surface area contributed by atoms with Crippen LogP contribution in [0.15, 0.2) is 30.3 Å². The smallest absolute Gasteiger partial charge is 0.425 e. The number of alkyl halides is 3. The van der Waals surface area contributed by atoms with E-state index in [1.807, 2.05) is 33.9 Å². The Hall–Kier alpha value is -3.23. The number of likely N-dealkylation sites (tertiary alicyclic amines) is 1. The van der Waals surface area contributed by atoms with Crippen LogP contribution in [0.1, 0.15) is 50.9 Å². The van der Waals surface area contributed by atoms with Crippen LogP contribution in [0.5, 0.6) is 5.75 Å². The lowest BCUT2D eigenvalue weighted by Crippen LogP contribution is -2.48. The predicted molar refractivity (Wildman–Crippen MR) is 154 cm³/mol. The van der Waals surface area contributed by atoms with Crippen molar-refractivity contribution in [2.75, 3.05) is 17.2 Å². The van der Waals surface area contributed by atoms with E-state index in [4.69, 9.17) is 20.8 Å². The SMILES string of the molecule is CC(Oc1cc(NC(=O)N2C(=O)CCC2CO[Si](C)(C)C(C)(C)C)c(F)cc1C(=O)Nc1c(F)cccc1Cl)C(F)(F)F. The van der Waals surface area contributed by atoms with Gasteiger partial charge >= 0.3 is 12.2 Å². The van der Waals surface area contributed by atoms with Crippen LogP contribution >= 0.6 is 11.6 Å². The zero-order valence-electron chi connectivity index (χ0n) is 24.4. The molecule has 0 aromatic heterocycles. The highest BCUT2D eigenvalue weighted by atomic mass is 35.5. The Balaban J connectivity index is 1.91. The summed E-state index contributed by atoms with van der Waals surface area (Å²) in [5.41, 5.74) is -1.87. The van der Waals surface area contributed by atoms with Gasteiger partial charge in [0.25, 0.3) is 5.91 Å². The second-order valence-electron chi connectivity index (χ2n) is 11.6. The van der Waals surface area contributed by atoms with Gasteiger partial charge in [0.15, 0.2) is 14.4 Å². The van der Waals surface area contributed by atoms with Gasteiger partial charge in [-0.2, -0.15) is 13.2 Å². The average molecular weight is 650 g/mol. The molecule has 2 unspecified atom stereocenters. The zero-order chi connectivity index (χ0) is 32.5. The molecule has 4 amide bonds. The van der Waals surface area contributed by atoms with Crippen LogP contribution in [0.25, 0.3) is 0 Å². The van der Waals surface area contributed by atoms with Crippen LogP contribution in [0.4, 0.5) is 38.1 Å². The number of anilines is 2. The highest BCUT2D eigenvalue weighted by Gasteiger charge is 2.42. The van der Waals surface area contributed by atoms with Crippen molar-refractivity contribution in [1.82, 2.24) is 4.90 Å². The lowest BCUT2D eigenvalue weighted by atomic mass is 10.1. The monoisotopic (exact) mass is 649 g/mol. The number of nitrogens with zero attached hydrogens (tertiary/aromatic N) is 1. The third-order valence-electron chi connectivity index (χ3n) is 7.51. The van der Waals surface area contributed by atoms with E-state index in [0.29, 0.717) is 25.5 Å². The van der Waals surface area contributed by atoms with Gasteiger partial charge in [0, 0.05) is 12.5 Å². The van der Waals surface area contributed by atoms with Gasteiger partial charge in [-0.05, 0) is 49.7 Å². The minimum atomic E-state index is -4.88. The van der Waals surface area contributed by atoms with E-state index in [0.717, 1.165) is 11.0 Å². The highest BCUT2D eigenvalue weighted by Crippen LogP contribution is 2.38. The summed E-state index contributed by atoms with van der Waals surface area (Å²) in [5.74, 6) is -4.71. The van der Waals surface area contributed by atoms with Crippen LogP contribution < -0.4 is 15.4 Å². The Bertz CT molecular complexity index is 1380. The standard InChI is InChI=1S/C28H33ClF5N3O5Si/c1-15(28(32,33)34)42-22-13-21(20(31)12-17(22)25(39)36-24-18(29)8-7-9-19(24)30)35-26(40)37-16(10-11-23(37)38)14-41-43(5,6)27(2,3)4/h7-9,12-13,15-16H,10-11,14H2,1-6H3,(H,35,40)(H,36,39). The summed E-state index contributed by atoms with van der Waals surface area (Å²) in [6.07, 6.45) is -6.99. The molecule has 2 atom stereocenters. The summed E-state index contributed by atoms with van der Waals surface area (Å²) >= 11 is 5.92. The van der Waals surface area contributed by atoms with Gasteiger partial charge < -0.3 is 19.8 Å². The first kappa shape index (κ1) is 34.3. The molecule has 0 saturated carbocycles. The topological polar surface area (TPSA) is 97.0 Å². The van der Waals surface area contributed by atoms with Crippen molar-refractivity contribution in [3.63, 3.8) is 0 Å². The van der Waals surface area contributed by atoms with Crippen molar-refractivity contribution in [2.45, 2.75) is 77.0 Å². The van der Waals surface area contributed by atoms with Gasteiger partial charge in [-0.25, -0.2) is 13.6 Å². The molecule has 2 N–H and O–H groups in total. The molecule has 0 radical (unpaired) electrons. The number of urea groups is 1. The number of para-hydroxylation sites is 1. The Kier molecular flexibility index (Phi) is 10.2. The van der Waals surface area contributed by atoms with Crippen molar-refractivity contribution in [3.05, 3.63) is 52.6 Å². The van der Waals surface area contributed by atoms with Gasteiger partial charge in [-0.15, -0.1) is 0 Å². The summed E-state index contributed by atoms with van der Waals surface area (Å²) in [6, 6.07) is 3.04. The zero-order valence-corrected chi connectivity index (χ0v) is 26.2. The van der Waals surface area contributed by atoms with E-state index in [1.165, 1.54) is 12.1 Å². The van der Waals surface area contributed by atoms with E-state index < -0.39 is 78.8 Å². The van der Waals surface area contributed by atoms with Crippen molar-refractivity contribution >= 4 is 49.1 Å². The molecule has 43 heavy (non-hydrogen) atoms. The van der Waals surface area contributed by atoms with E-state index >= 15 is 4.39 Å². The number of hydrogen-bond donors (Lipinski definition) is 2. The molecule has 0 aliphatic carbocycles. The minimum absolute atomic E-state index is 0.0383. The van der Waals surface area contributed by atoms with Gasteiger partial charge in [0.1, 0.15) is 17.4 Å². The van der Waals surface area contributed by atoms with Gasteiger partial charge in [0.05, 0.1) is 34.6 Å². The predicted octanol–water partition coefficient (Wildman–Crippen LogP) is 7.74. The average Bonchev–Trinajstić information content (AvgIpc) is 3.25. The number of rotatable bonds is 8. The molecular weight excluding hydrogens is 617 g/mol. The van der Waals surface area contributed by atoms with Crippen molar-refractivity contribution in [1.29, 1.82) is 0 Å². The number of carbonyl (C=O) groups excluding carboxylic acids is 3. The Labute approximate surface area is 252 Å². The molecule has 1 fully saturated rings. The molecule has 8 nitrogen and oxygen atoms in total. The van der Waals surface area contributed by atoms with Crippen molar-refractivity contribution < 1.29 is 45.5 Å². The number of hydrogen-bond acceptors (Lipinski definition) is 5. The van der Waals surface area contributed by atoms with Gasteiger partial charge in [-0.3, -0.25) is 14.5 Å².